The largest absolute Gasteiger partial charge is 0.354 e. The number of carbonyl (C=O) groups is 2. The fourth-order valence-electron chi connectivity index (χ4n) is 4.06. The van der Waals surface area contributed by atoms with E-state index in [9.17, 15) is 26.8 Å². The van der Waals surface area contributed by atoms with Crippen LogP contribution >= 0.6 is 0 Å². The number of amides is 2. The molecule has 208 valence electrons. The van der Waals surface area contributed by atoms with Crippen molar-refractivity contribution in [1.29, 1.82) is 0 Å². The molecule has 0 bridgehead atoms. The normalized spacial score (nSPS) is 12.0. The first-order chi connectivity index (χ1) is 18.5. The summed E-state index contributed by atoms with van der Waals surface area (Å²) in [6.45, 7) is 3.57. The molecule has 0 fully saturated rings. The second-order valence-electron chi connectivity index (χ2n) is 9.37. The van der Waals surface area contributed by atoms with Gasteiger partial charge in [-0.1, -0.05) is 67.1 Å². The highest BCUT2D eigenvalue weighted by molar-refractivity contribution is 7.92. The molecule has 2 amide bonds. The van der Waals surface area contributed by atoms with Crippen molar-refractivity contribution in [3.8, 4) is 0 Å². The van der Waals surface area contributed by atoms with Crippen LogP contribution in [0.15, 0.2) is 72.8 Å². The van der Waals surface area contributed by atoms with Gasteiger partial charge in [-0.2, -0.15) is 0 Å². The fraction of sp³-hybridized carbons (Fsp3) is 0.310. The number of rotatable bonds is 12. The van der Waals surface area contributed by atoms with Crippen molar-refractivity contribution in [3.63, 3.8) is 0 Å². The van der Waals surface area contributed by atoms with E-state index in [1.54, 1.807) is 0 Å². The lowest BCUT2D eigenvalue weighted by Crippen LogP contribution is -2.53. The van der Waals surface area contributed by atoms with Crippen LogP contribution in [0, 0.1) is 18.6 Å². The standard InChI is InChI=1S/C29H33F2N3O4S/c1-4-16-32-29(36)27(17-22-8-6-5-7-9-22)33(19-23-12-10-21(2)11-13-23)28(35)20-34(39(3,37)38)24-14-15-25(30)26(31)18-24/h5-15,18,27H,4,16-17,19-20H2,1-3H3,(H,32,36)/t27-/m0/s1. The molecular formula is C29H33F2N3O4S. The number of hydrogen-bond donors (Lipinski definition) is 1. The molecule has 0 aromatic heterocycles. The highest BCUT2D eigenvalue weighted by atomic mass is 32.2. The maximum Gasteiger partial charge on any atom is 0.244 e. The monoisotopic (exact) mass is 557 g/mol. The van der Waals surface area contributed by atoms with Crippen LogP contribution in [0.5, 0.6) is 0 Å². The second kappa shape index (κ2) is 13.3. The molecule has 0 spiro atoms. The molecule has 0 unspecified atom stereocenters. The Morgan fingerprint density at radius 1 is 0.923 bits per heavy atom. The van der Waals surface area contributed by atoms with E-state index in [0.29, 0.717) is 17.3 Å². The Hall–Kier alpha value is -3.79. The van der Waals surface area contributed by atoms with E-state index >= 15 is 0 Å². The number of nitrogens with one attached hydrogen (secondary N) is 1. The molecule has 0 radical (unpaired) electrons. The van der Waals surface area contributed by atoms with Crippen LogP contribution in [0.2, 0.25) is 0 Å². The van der Waals surface area contributed by atoms with Gasteiger partial charge in [0.2, 0.25) is 21.8 Å². The summed E-state index contributed by atoms with van der Waals surface area (Å²) in [4.78, 5) is 28.6. The maximum absolute atomic E-state index is 14.0. The first kappa shape index (κ1) is 29.8. The third-order valence-corrected chi connectivity index (χ3v) is 7.30. The minimum Gasteiger partial charge on any atom is -0.354 e. The number of carbonyl (C=O) groups excluding carboxylic acids is 2. The molecule has 7 nitrogen and oxygen atoms in total. The van der Waals surface area contributed by atoms with Crippen molar-refractivity contribution < 1.29 is 26.8 Å². The van der Waals surface area contributed by atoms with Gasteiger partial charge in [0, 0.05) is 25.6 Å². The molecule has 3 aromatic carbocycles. The van der Waals surface area contributed by atoms with E-state index in [1.165, 1.54) is 4.90 Å². The summed E-state index contributed by atoms with van der Waals surface area (Å²) in [6.07, 6.45) is 1.76. The molecule has 0 aliphatic rings. The van der Waals surface area contributed by atoms with Gasteiger partial charge >= 0.3 is 0 Å². The Labute approximate surface area is 228 Å². The molecule has 3 rings (SSSR count). The van der Waals surface area contributed by atoms with Crippen LogP contribution in [0.25, 0.3) is 0 Å². The summed E-state index contributed by atoms with van der Waals surface area (Å²) in [5.74, 6) is -3.43. The highest BCUT2D eigenvalue weighted by Gasteiger charge is 2.33. The molecule has 39 heavy (non-hydrogen) atoms. The van der Waals surface area contributed by atoms with E-state index in [1.807, 2.05) is 68.4 Å². The third-order valence-electron chi connectivity index (χ3n) is 6.16. The van der Waals surface area contributed by atoms with Crippen LogP contribution in [0.3, 0.4) is 0 Å². The van der Waals surface area contributed by atoms with Crippen molar-refractivity contribution in [2.75, 3.05) is 23.7 Å². The van der Waals surface area contributed by atoms with E-state index in [0.717, 1.165) is 41.1 Å². The van der Waals surface area contributed by atoms with E-state index in [4.69, 9.17) is 0 Å². The molecular weight excluding hydrogens is 524 g/mol. The van der Waals surface area contributed by atoms with Gasteiger partial charge in [-0.05, 0) is 36.6 Å². The zero-order chi connectivity index (χ0) is 28.6. The zero-order valence-electron chi connectivity index (χ0n) is 22.2. The molecule has 10 heteroatoms. The number of sulfonamides is 1. The lowest BCUT2D eigenvalue weighted by molar-refractivity contribution is -0.140. The van der Waals surface area contributed by atoms with Crippen molar-refractivity contribution in [2.45, 2.75) is 39.3 Å². The molecule has 0 aliphatic heterocycles. The SMILES string of the molecule is CCCNC(=O)[C@H](Cc1ccccc1)N(Cc1ccc(C)cc1)C(=O)CN(c1ccc(F)c(F)c1)S(C)(=O)=O. The van der Waals surface area contributed by atoms with Crippen LogP contribution in [0.1, 0.15) is 30.0 Å². The van der Waals surface area contributed by atoms with Gasteiger partial charge in [-0.3, -0.25) is 13.9 Å². The molecule has 1 N–H and O–H groups in total. The number of aryl methyl sites for hydroxylation is 1. The first-order valence-electron chi connectivity index (χ1n) is 12.6. The summed E-state index contributed by atoms with van der Waals surface area (Å²) >= 11 is 0. The average Bonchev–Trinajstić information content (AvgIpc) is 2.90. The zero-order valence-corrected chi connectivity index (χ0v) is 23.0. The topological polar surface area (TPSA) is 86.8 Å². The van der Waals surface area contributed by atoms with Crippen molar-refractivity contribution in [2.24, 2.45) is 0 Å². The van der Waals surface area contributed by atoms with Crippen molar-refractivity contribution in [1.82, 2.24) is 10.2 Å². The predicted octanol–water partition coefficient (Wildman–Crippen LogP) is 4.21. The number of hydrogen-bond acceptors (Lipinski definition) is 4. The Morgan fingerprint density at radius 3 is 2.18 bits per heavy atom. The fourth-order valence-corrected chi connectivity index (χ4v) is 4.91. The molecule has 0 aliphatic carbocycles. The van der Waals surface area contributed by atoms with Gasteiger partial charge in [-0.25, -0.2) is 17.2 Å². The van der Waals surface area contributed by atoms with Gasteiger partial charge in [0.25, 0.3) is 0 Å². The van der Waals surface area contributed by atoms with E-state index in [2.05, 4.69) is 5.32 Å². The number of benzene rings is 3. The molecule has 1 atom stereocenters. The van der Waals surface area contributed by atoms with E-state index in [-0.39, 0.29) is 24.6 Å². The van der Waals surface area contributed by atoms with Gasteiger partial charge < -0.3 is 10.2 Å². The summed E-state index contributed by atoms with van der Waals surface area (Å²) in [7, 11) is -4.08. The lowest BCUT2D eigenvalue weighted by atomic mass is 10.0. The van der Waals surface area contributed by atoms with Crippen LogP contribution in [-0.2, 0) is 32.6 Å². The Kier molecular flexibility index (Phi) is 10.2. The minimum atomic E-state index is -4.08. The van der Waals surface area contributed by atoms with E-state index < -0.39 is 40.2 Å². The predicted molar refractivity (Wildman–Crippen MR) is 148 cm³/mol. The lowest BCUT2D eigenvalue weighted by Gasteiger charge is -2.33. The molecule has 0 saturated carbocycles. The smallest absolute Gasteiger partial charge is 0.244 e. The van der Waals surface area contributed by atoms with Crippen molar-refractivity contribution in [3.05, 3.63) is 101 Å². The molecule has 0 saturated heterocycles. The Morgan fingerprint density at radius 2 is 1.59 bits per heavy atom. The summed E-state index contributed by atoms with van der Waals surface area (Å²) in [5, 5.41) is 2.86. The molecule has 0 heterocycles. The van der Waals surface area contributed by atoms with Crippen molar-refractivity contribution >= 4 is 27.5 Å². The summed E-state index contributed by atoms with van der Waals surface area (Å²) in [5.41, 5.74) is 2.38. The van der Waals surface area contributed by atoms with Crippen LogP contribution in [-0.4, -0.2) is 50.5 Å². The van der Waals surface area contributed by atoms with Gasteiger partial charge in [0.1, 0.15) is 12.6 Å². The van der Waals surface area contributed by atoms with Gasteiger partial charge in [0.05, 0.1) is 11.9 Å². The molecule has 3 aromatic rings. The third kappa shape index (κ3) is 8.35. The number of nitrogens with zero attached hydrogens (tertiary/aromatic N) is 2. The maximum atomic E-state index is 14.0. The highest BCUT2D eigenvalue weighted by Crippen LogP contribution is 2.22. The quantitative estimate of drug-likeness (QED) is 0.362. The second-order valence-corrected chi connectivity index (χ2v) is 11.3. The van der Waals surface area contributed by atoms with Gasteiger partial charge in [0.15, 0.2) is 11.6 Å². The minimum absolute atomic E-state index is 0.0333. The first-order valence-corrected chi connectivity index (χ1v) is 14.4. The Bertz CT molecular complexity index is 1380. The van der Waals surface area contributed by atoms with Crippen LogP contribution in [0.4, 0.5) is 14.5 Å². The average molecular weight is 558 g/mol. The summed E-state index contributed by atoms with van der Waals surface area (Å²) in [6, 6.07) is 18.3. The Balaban J connectivity index is 2.04. The number of halogens is 2. The van der Waals surface area contributed by atoms with Crippen LogP contribution < -0.4 is 9.62 Å². The number of anilines is 1. The summed E-state index contributed by atoms with van der Waals surface area (Å²) < 4.78 is 53.6. The van der Waals surface area contributed by atoms with Gasteiger partial charge in [-0.15, -0.1) is 0 Å².